The van der Waals surface area contributed by atoms with Crippen LogP contribution in [0, 0.1) is 5.92 Å². The lowest BCUT2D eigenvalue weighted by Gasteiger charge is -2.45. The normalized spacial score (nSPS) is 42.9. The van der Waals surface area contributed by atoms with Crippen molar-refractivity contribution in [3.8, 4) is 0 Å². The summed E-state index contributed by atoms with van der Waals surface area (Å²) in [6.07, 6.45) is 6.40. The number of hydrogen-bond donors (Lipinski definition) is 1. The smallest absolute Gasteiger partial charge is 0.0249 e. The molecule has 1 aliphatic carbocycles. The van der Waals surface area contributed by atoms with Crippen LogP contribution >= 0.6 is 0 Å². The van der Waals surface area contributed by atoms with E-state index in [1.54, 1.807) is 0 Å². The molecular formula is C14H26N2OS. The van der Waals surface area contributed by atoms with Crippen molar-refractivity contribution < 1.29 is 4.21 Å². The van der Waals surface area contributed by atoms with Crippen molar-refractivity contribution in [2.24, 2.45) is 5.92 Å². The molecule has 1 N–H and O–H groups in total. The topological polar surface area (TPSA) is 32.3 Å². The lowest BCUT2D eigenvalue weighted by Crippen LogP contribution is -2.60. The molecule has 0 radical (unpaired) electrons. The van der Waals surface area contributed by atoms with Crippen LogP contribution in [-0.2, 0) is 10.8 Å². The van der Waals surface area contributed by atoms with Gasteiger partial charge in [0.05, 0.1) is 0 Å². The van der Waals surface area contributed by atoms with Crippen LogP contribution in [-0.4, -0.2) is 51.8 Å². The van der Waals surface area contributed by atoms with E-state index in [-0.39, 0.29) is 0 Å². The fourth-order valence-corrected chi connectivity index (χ4v) is 4.87. The van der Waals surface area contributed by atoms with Gasteiger partial charge in [0, 0.05) is 53.5 Å². The number of piperazine rings is 1. The molecule has 104 valence electrons. The third kappa shape index (κ3) is 2.81. The number of nitrogens with one attached hydrogen (secondary N) is 1. The molecular weight excluding hydrogens is 244 g/mol. The highest BCUT2D eigenvalue weighted by Gasteiger charge is 2.39. The fraction of sp³-hybridized carbons (Fsp3) is 1.00. The molecule has 0 aromatic heterocycles. The molecule has 3 aliphatic rings. The van der Waals surface area contributed by atoms with Crippen LogP contribution in [0.4, 0.5) is 0 Å². The molecule has 2 heterocycles. The van der Waals surface area contributed by atoms with Crippen molar-refractivity contribution in [1.82, 2.24) is 10.2 Å². The third-order valence-electron chi connectivity index (χ3n) is 4.98. The van der Waals surface area contributed by atoms with E-state index >= 15 is 0 Å². The molecule has 0 amide bonds. The van der Waals surface area contributed by atoms with Crippen molar-refractivity contribution in [1.29, 1.82) is 0 Å². The van der Waals surface area contributed by atoms with Crippen LogP contribution < -0.4 is 5.32 Å². The van der Waals surface area contributed by atoms with Gasteiger partial charge in [0.1, 0.15) is 0 Å². The van der Waals surface area contributed by atoms with Gasteiger partial charge in [0.25, 0.3) is 0 Å². The number of rotatable bonds is 3. The maximum atomic E-state index is 11.5. The lowest BCUT2D eigenvalue weighted by atomic mass is 9.98. The van der Waals surface area contributed by atoms with Crippen LogP contribution in [0.5, 0.6) is 0 Å². The van der Waals surface area contributed by atoms with E-state index in [4.69, 9.17) is 0 Å². The second-order valence-corrected chi connectivity index (χ2v) is 7.89. The Bertz CT molecular complexity index is 309. The maximum absolute atomic E-state index is 11.5. The zero-order valence-electron chi connectivity index (χ0n) is 11.4. The second kappa shape index (κ2) is 5.59. The minimum absolute atomic E-state index is 0.526. The first-order valence-electron chi connectivity index (χ1n) is 7.62. The Hall–Kier alpha value is 0.0700. The van der Waals surface area contributed by atoms with Crippen LogP contribution in [0.3, 0.4) is 0 Å². The standard InChI is InChI=1S/C14H26N2OS/c1-2-12-9-15-14(11-3-4-11)10-16(12)13-5-7-18(17)8-6-13/h11-15H,2-10H2,1H3. The summed E-state index contributed by atoms with van der Waals surface area (Å²) in [7, 11) is -0.526. The van der Waals surface area contributed by atoms with Gasteiger partial charge in [-0.1, -0.05) is 6.92 Å². The molecule has 4 heteroatoms. The predicted octanol–water partition coefficient (Wildman–Crippen LogP) is 1.36. The van der Waals surface area contributed by atoms with E-state index in [0.717, 1.165) is 42.9 Å². The first-order chi connectivity index (χ1) is 8.78. The quantitative estimate of drug-likeness (QED) is 0.840. The molecule has 0 bridgehead atoms. The van der Waals surface area contributed by atoms with Gasteiger partial charge < -0.3 is 5.32 Å². The van der Waals surface area contributed by atoms with Gasteiger partial charge in [-0.2, -0.15) is 0 Å². The lowest BCUT2D eigenvalue weighted by molar-refractivity contribution is 0.0684. The summed E-state index contributed by atoms with van der Waals surface area (Å²) in [5.41, 5.74) is 0. The molecule has 3 nitrogen and oxygen atoms in total. The Morgan fingerprint density at radius 1 is 1.22 bits per heavy atom. The molecule has 3 rings (SSSR count). The summed E-state index contributed by atoms with van der Waals surface area (Å²) in [6, 6.07) is 2.15. The van der Waals surface area contributed by atoms with Gasteiger partial charge in [0.2, 0.25) is 0 Å². The summed E-state index contributed by atoms with van der Waals surface area (Å²) in [6.45, 7) is 4.70. The molecule has 3 fully saturated rings. The summed E-state index contributed by atoms with van der Waals surface area (Å²) < 4.78 is 11.5. The minimum Gasteiger partial charge on any atom is -0.311 e. The Balaban J connectivity index is 1.63. The van der Waals surface area contributed by atoms with Crippen molar-refractivity contribution in [2.45, 2.75) is 57.2 Å². The van der Waals surface area contributed by atoms with E-state index in [2.05, 4.69) is 17.1 Å². The zero-order chi connectivity index (χ0) is 12.5. The molecule has 2 unspecified atom stereocenters. The SMILES string of the molecule is CCC1CNC(C2CC2)CN1C1CCS(=O)CC1. The number of hydrogen-bond acceptors (Lipinski definition) is 3. The van der Waals surface area contributed by atoms with E-state index in [0.29, 0.717) is 12.1 Å². The van der Waals surface area contributed by atoms with Gasteiger partial charge in [0.15, 0.2) is 0 Å². The summed E-state index contributed by atoms with van der Waals surface area (Å²) in [4.78, 5) is 2.76. The van der Waals surface area contributed by atoms with Crippen molar-refractivity contribution >= 4 is 10.8 Å². The Morgan fingerprint density at radius 3 is 2.56 bits per heavy atom. The molecule has 1 saturated carbocycles. The monoisotopic (exact) mass is 270 g/mol. The van der Waals surface area contributed by atoms with E-state index in [1.165, 1.54) is 25.8 Å². The summed E-state index contributed by atoms with van der Waals surface area (Å²) in [5, 5.41) is 3.76. The zero-order valence-corrected chi connectivity index (χ0v) is 12.3. The van der Waals surface area contributed by atoms with E-state index in [1.807, 2.05) is 0 Å². The average Bonchev–Trinajstić information content (AvgIpc) is 3.23. The number of nitrogens with zero attached hydrogens (tertiary/aromatic N) is 1. The van der Waals surface area contributed by atoms with Crippen LogP contribution in [0.15, 0.2) is 0 Å². The Kier molecular flexibility index (Phi) is 4.06. The molecule has 18 heavy (non-hydrogen) atoms. The molecule has 0 spiro atoms. The van der Waals surface area contributed by atoms with Crippen molar-refractivity contribution in [2.75, 3.05) is 24.6 Å². The van der Waals surface area contributed by atoms with Gasteiger partial charge >= 0.3 is 0 Å². The Morgan fingerprint density at radius 2 is 1.94 bits per heavy atom. The van der Waals surface area contributed by atoms with Gasteiger partial charge in [-0.05, 0) is 38.0 Å². The largest absolute Gasteiger partial charge is 0.311 e. The average molecular weight is 270 g/mol. The van der Waals surface area contributed by atoms with E-state index in [9.17, 15) is 4.21 Å². The molecule has 2 saturated heterocycles. The van der Waals surface area contributed by atoms with Crippen LogP contribution in [0.25, 0.3) is 0 Å². The highest BCUT2D eigenvalue weighted by Crippen LogP contribution is 2.35. The molecule has 0 aromatic carbocycles. The van der Waals surface area contributed by atoms with Gasteiger partial charge in [-0.3, -0.25) is 9.11 Å². The molecule has 2 atom stereocenters. The molecule has 2 aliphatic heterocycles. The first kappa shape index (κ1) is 13.1. The predicted molar refractivity (Wildman–Crippen MR) is 76.2 cm³/mol. The highest BCUT2D eigenvalue weighted by atomic mass is 32.2. The summed E-state index contributed by atoms with van der Waals surface area (Å²) >= 11 is 0. The Labute approximate surface area is 113 Å². The molecule has 0 aromatic rings. The van der Waals surface area contributed by atoms with Gasteiger partial charge in [-0.25, -0.2) is 0 Å². The first-order valence-corrected chi connectivity index (χ1v) is 9.11. The van der Waals surface area contributed by atoms with Crippen LogP contribution in [0.2, 0.25) is 0 Å². The summed E-state index contributed by atoms with van der Waals surface area (Å²) in [5.74, 6) is 2.81. The highest BCUT2D eigenvalue weighted by molar-refractivity contribution is 7.85. The maximum Gasteiger partial charge on any atom is 0.0249 e. The van der Waals surface area contributed by atoms with Gasteiger partial charge in [-0.15, -0.1) is 0 Å². The fourth-order valence-electron chi connectivity index (χ4n) is 3.60. The third-order valence-corrected chi connectivity index (χ3v) is 6.36. The van der Waals surface area contributed by atoms with Crippen molar-refractivity contribution in [3.63, 3.8) is 0 Å². The van der Waals surface area contributed by atoms with Crippen molar-refractivity contribution in [3.05, 3.63) is 0 Å². The van der Waals surface area contributed by atoms with E-state index < -0.39 is 10.8 Å². The minimum atomic E-state index is -0.526. The van der Waals surface area contributed by atoms with Crippen LogP contribution in [0.1, 0.15) is 39.0 Å². The second-order valence-electron chi connectivity index (χ2n) is 6.19.